The van der Waals surface area contributed by atoms with Crippen LogP contribution in [0, 0.1) is 6.92 Å². The Bertz CT molecular complexity index is 1540. The largest absolute Gasteiger partial charge is 0.504 e. The molecule has 268 valence electrons. The van der Waals surface area contributed by atoms with Gasteiger partial charge in [0.1, 0.15) is 11.4 Å². The highest BCUT2D eigenvalue weighted by Gasteiger charge is 2.71. The van der Waals surface area contributed by atoms with Gasteiger partial charge in [0.15, 0.2) is 29.8 Å². The first-order valence-corrected chi connectivity index (χ1v) is 15.7. The number of carboxylic acid groups (broad SMARTS) is 2. The number of carbonyl (C=O) groups is 6. The van der Waals surface area contributed by atoms with Crippen LogP contribution in [0.5, 0.6) is 11.5 Å². The van der Waals surface area contributed by atoms with Gasteiger partial charge in [0.2, 0.25) is 11.8 Å². The van der Waals surface area contributed by atoms with Gasteiger partial charge in [-0.25, -0.2) is 9.59 Å². The van der Waals surface area contributed by atoms with Crippen LogP contribution in [-0.4, -0.2) is 123 Å². The summed E-state index contributed by atoms with van der Waals surface area (Å²) in [7, 11) is 1.87. The van der Waals surface area contributed by atoms with Crippen molar-refractivity contribution in [2.45, 2.75) is 87.7 Å². The monoisotopic (exact) mass is 691 g/mol. The third-order valence-corrected chi connectivity index (χ3v) is 9.45. The van der Waals surface area contributed by atoms with Crippen LogP contribution in [0.2, 0.25) is 0 Å². The van der Waals surface area contributed by atoms with Crippen LogP contribution in [0.25, 0.3) is 0 Å². The van der Waals surface area contributed by atoms with Crippen molar-refractivity contribution in [3.63, 3.8) is 0 Å². The summed E-state index contributed by atoms with van der Waals surface area (Å²) in [5, 5.41) is 52.1. The number of piperidine rings is 1. The Hall–Kier alpha value is -4.74. The molecule has 3 aliphatic rings. The molecule has 0 aromatic heterocycles. The molecule has 1 aromatic carbocycles. The number of aliphatic carboxylic acids is 2. The molecular formula is C32H41N3O14. The number of amides is 2. The fraction of sp³-hybridized carbons (Fsp3) is 0.562. The number of ether oxygens (including phenoxy) is 3. The Kier molecular flexibility index (Phi) is 11.2. The molecule has 1 aliphatic carbocycles. The number of carboxylic acids is 2. The number of phenolic OH excluding ortho intramolecular Hbond substituents is 1. The first-order valence-electron chi connectivity index (χ1n) is 15.7. The average molecular weight is 692 g/mol. The number of aryl methyl sites for hydroxylation is 1. The van der Waals surface area contributed by atoms with Crippen molar-refractivity contribution >= 4 is 35.7 Å². The molecule has 2 heterocycles. The van der Waals surface area contributed by atoms with E-state index < -0.39 is 83.9 Å². The van der Waals surface area contributed by atoms with Crippen LogP contribution in [0.1, 0.15) is 56.6 Å². The molecule has 1 fully saturated rings. The number of esters is 2. The molecular weight excluding hydrogens is 650 g/mol. The molecule has 17 heteroatoms. The van der Waals surface area contributed by atoms with Crippen LogP contribution in [0.3, 0.4) is 0 Å². The van der Waals surface area contributed by atoms with Crippen molar-refractivity contribution < 1.29 is 68.5 Å². The van der Waals surface area contributed by atoms with Crippen molar-refractivity contribution in [2.24, 2.45) is 0 Å². The number of nitrogens with one attached hydrogen (secondary N) is 2. The lowest BCUT2D eigenvalue weighted by Gasteiger charge is -2.59. The number of aliphatic hydroxyl groups is 2. The Labute approximate surface area is 280 Å². The normalized spacial score (nSPS) is 25.2. The van der Waals surface area contributed by atoms with Crippen molar-refractivity contribution in [2.75, 3.05) is 26.7 Å². The van der Waals surface area contributed by atoms with Gasteiger partial charge in [-0.1, -0.05) is 6.07 Å². The number of phenols is 1. The number of aromatic hydroxyl groups is 1. The molecule has 2 unspecified atom stereocenters. The molecule has 0 bridgehead atoms. The summed E-state index contributed by atoms with van der Waals surface area (Å²) in [6, 6.07) is 2.74. The second kappa shape index (κ2) is 14.8. The van der Waals surface area contributed by atoms with Gasteiger partial charge in [-0.3, -0.25) is 24.1 Å². The number of hydrogen-bond donors (Lipinski definition) is 7. The van der Waals surface area contributed by atoms with E-state index in [1.54, 1.807) is 12.1 Å². The third kappa shape index (κ3) is 7.33. The number of carbonyl (C=O) groups excluding carboxylic acids is 4. The minimum atomic E-state index is -1.89. The molecule has 1 spiro atoms. The molecule has 7 N–H and O–H groups in total. The van der Waals surface area contributed by atoms with Crippen LogP contribution >= 0.6 is 0 Å². The van der Waals surface area contributed by atoms with E-state index in [-0.39, 0.29) is 49.6 Å². The fourth-order valence-corrected chi connectivity index (χ4v) is 6.91. The quantitative estimate of drug-likeness (QED) is 0.118. The molecule has 49 heavy (non-hydrogen) atoms. The van der Waals surface area contributed by atoms with Crippen LogP contribution in [0.4, 0.5) is 0 Å². The van der Waals surface area contributed by atoms with Crippen molar-refractivity contribution in [3.05, 3.63) is 35.1 Å². The number of hydrogen-bond acceptors (Lipinski definition) is 13. The van der Waals surface area contributed by atoms with Crippen molar-refractivity contribution in [1.82, 2.24) is 15.5 Å². The van der Waals surface area contributed by atoms with E-state index in [1.807, 2.05) is 25.8 Å². The van der Waals surface area contributed by atoms with E-state index in [9.17, 15) is 44.1 Å². The summed E-state index contributed by atoms with van der Waals surface area (Å²) in [6.45, 7) is 3.81. The Morgan fingerprint density at radius 2 is 1.55 bits per heavy atom. The second-order valence-corrected chi connectivity index (χ2v) is 12.4. The highest BCUT2D eigenvalue weighted by molar-refractivity contribution is 5.84. The molecule has 0 radical (unpaired) electrons. The van der Waals surface area contributed by atoms with Gasteiger partial charge in [0.05, 0.1) is 31.1 Å². The average Bonchev–Trinajstić information content (AvgIpc) is 3.39. The molecule has 17 nitrogen and oxygen atoms in total. The maximum Gasteiger partial charge on any atom is 0.333 e. The summed E-state index contributed by atoms with van der Waals surface area (Å²) < 4.78 is 18.5. The molecule has 1 aromatic rings. The maximum atomic E-state index is 13.5. The molecule has 6 atom stereocenters. The molecule has 2 amide bonds. The SMILES string of the molecule is Cc1ccc(O)c2c1C13CCN(C)[C@H](C)[C@]1(OC(=O)CCNC(=O)C[C@H](O)C(=O)O)CC=C(OC(=O)CCNC(=O)C[C@H](O)C(=O)O)C3O2. The summed E-state index contributed by atoms with van der Waals surface area (Å²) in [6.07, 6.45) is -4.80. The third-order valence-electron chi connectivity index (χ3n) is 9.45. The smallest absolute Gasteiger partial charge is 0.333 e. The number of rotatable bonds is 14. The van der Waals surface area contributed by atoms with E-state index in [0.29, 0.717) is 18.5 Å². The number of benzene rings is 1. The molecule has 2 aliphatic heterocycles. The maximum absolute atomic E-state index is 13.5. The van der Waals surface area contributed by atoms with Crippen LogP contribution < -0.4 is 15.4 Å². The van der Waals surface area contributed by atoms with E-state index in [4.69, 9.17) is 24.4 Å². The Balaban J connectivity index is 1.59. The first-order chi connectivity index (χ1) is 23.0. The zero-order chi connectivity index (χ0) is 36.3. The van der Waals surface area contributed by atoms with Crippen molar-refractivity contribution in [3.8, 4) is 11.5 Å². The van der Waals surface area contributed by atoms with E-state index in [1.165, 1.54) is 6.07 Å². The minimum absolute atomic E-state index is 0.0578. The molecule has 4 rings (SSSR count). The summed E-state index contributed by atoms with van der Waals surface area (Å²) in [4.78, 5) is 74.1. The van der Waals surface area contributed by atoms with Gasteiger partial charge >= 0.3 is 23.9 Å². The predicted octanol–water partition coefficient (Wildman–Crippen LogP) is -0.780. The lowest BCUT2D eigenvalue weighted by molar-refractivity contribution is -0.201. The first kappa shape index (κ1) is 37.1. The topological polar surface area (TPSA) is 259 Å². The molecule has 0 saturated carbocycles. The Morgan fingerprint density at radius 1 is 0.980 bits per heavy atom. The summed E-state index contributed by atoms with van der Waals surface area (Å²) in [5.41, 5.74) is -1.17. The highest BCUT2D eigenvalue weighted by Crippen LogP contribution is 2.63. The second-order valence-electron chi connectivity index (χ2n) is 12.4. The van der Waals surface area contributed by atoms with Crippen LogP contribution in [0.15, 0.2) is 24.0 Å². The van der Waals surface area contributed by atoms with Crippen molar-refractivity contribution in [1.29, 1.82) is 0 Å². The number of nitrogens with zero attached hydrogens (tertiary/aromatic N) is 1. The molecule has 1 saturated heterocycles. The van der Waals surface area contributed by atoms with Gasteiger partial charge in [-0.2, -0.15) is 0 Å². The fourth-order valence-electron chi connectivity index (χ4n) is 6.91. The van der Waals surface area contributed by atoms with Gasteiger partial charge < -0.3 is 50.4 Å². The lowest BCUT2D eigenvalue weighted by atomic mass is 9.54. The number of likely N-dealkylation sites (tertiary alicyclic amines) is 1. The zero-order valence-corrected chi connectivity index (χ0v) is 27.3. The number of fused-ring (bicyclic) bond motifs is 1. The zero-order valence-electron chi connectivity index (χ0n) is 27.3. The van der Waals surface area contributed by atoms with E-state index >= 15 is 0 Å². The van der Waals surface area contributed by atoms with Gasteiger partial charge in [0.25, 0.3) is 0 Å². The predicted molar refractivity (Wildman–Crippen MR) is 165 cm³/mol. The van der Waals surface area contributed by atoms with Gasteiger partial charge in [0, 0.05) is 31.1 Å². The van der Waals surface area contributed by atoms with Gasteiger partial charge in [-0.15, -0.1) is 0 Å². The van der Waals surface area contributed by atoms with E-state index in [0.717, 1.165) is 5.56 Å². The lowest BCUT2D eigenvalue weighted by Crippen LogP contribution is -2.73. The van der Waals surface area contributed by atoms with Crippen LogP contribution in [-0.2, 0) is 43.7 Å². The van der Waals surface area contributed by atoms with E-state index in [2.05, 4.69) is 10.6 Å². The van der Waals surface area contributed by atoms with Gasteiger partial charge in [-0.05, 0) is 51.6 Å². The summed E-state index contributed by atoms with van der Waals surface area (Å²) in [5.74, 6) is -6.00. The standard InChI is InChI=1S/C32H41N3O14/c1-16-4-5-18(36)27-26(16)31-10-13-35(3)17(2)32(31,49-25(42)8-12-34-23(40)15-20(38)30(45)46)9-6-21(28(31)48-27)47-24(41)7-11-33-22(39)14-19(37)29(43)44/h4-6,17,19-20,28,36-38H,7-15H2,1-3H3,(H,33,39)(H,34,40)(H,43,44)(H,45,46)/t17-,19+,20+,28?,31?,32-/m1/s1. The highest BCUT2D eigenvalue weighted by atomic mass is 16.6. The summed E-state index contributed by atoms with van der Waals surface area (Å²) >= 11 is 0. The number of likely N-dealkylation sites (N-methyl/N-ethyl adjacent to an activating group) is 1. The Morgan fingerprint density at radius 3 is 2.12 bits per heavy atom. The number of aliphatic hydroxyl groups excluding tert-OH is 2. The minimum Gasteiger partial charge on any atom is -0.504 e.